The van der Waals surface area contributed by atoms with Crippen molar-refractivity contribution >= 4 is 0 Å². The molecule has 0 N–H and O–H groups in total. The normalized spacial score (nSPS) is 9.47. The molecular formula is C18H26Hf-2. The minimum Gasteiger partial charge on any atom is -0.210 e. The van der Waals surface area contributed by atoms with Gasteiger partial charge in [-0.25, -0.2) is 12.1 Å². The molecule has 0 heterocycles. The van der Waals surface area contributed by atoms with Gasteiger partial charge in [0.1, 0.15) is 0 Å². The zero-order valence-corrected chi connectivity index (χ0v) is 16.4. The zero-order valence-electron chi connectivity index (χ0n) is 12.8. The Kier molecular flexibility index (Phi) is 10.1. The maximum Gasteiger partial charge on any atom is 0 e. The first-order valence-electron chi connectivity index (χ1n) is 7.22. The third-order valence-electron chi connectivity index (χ3n) is 3.40. The van der Waals surface area contributed by atoms with Crippen LogP contribution in [0.25, 0.3) is 0 Å². The van der Waals surface area contributed by atoms with E-state index >= 15 is 0 Å². The van der Waals surface area contributed by atoms with Crippen LogP contribution < -0.4 is 0 Å². The predicted molar refractivity (Wildman–Crippen MR) is 81.6 cm³/mol. The van der Waals surface area contributed by atoms with Crippen molar-refractivity contribution in [2.75, 3.05) is 0 Å². The summed E-state index contributed by atoms with van der Waals surface area (Å²) >= 11 is 0. The largest absolute Gasteiger partial charge is 0.210 e. The maximum absolute atomic E-state index is 2.28. The second-order valence-corrected chi connectivity index (χ2v) is 4.67. The van der Waals surface area contributed by atoms with Crippen LogP contribution in [0.2, 0.25) is 0 Å². The summed E-state index contributed by atoms with van der Waals surface area (Å²) in [6, 6.07) is 13.4. The first kappa shape index (κ1) is 18.6. The van der Waals surface area contributed by atoms with E-state index in [9.17, 15) is 0 Å². The summed E-state index contributed by atoms with van der Waals surface area (Å²) in [4.78, 5) is 0. The van der Waals surface area contributed by atoms with Gasteiger partial charge in [-0.3, -0.25) is 0 Å². The van der Waals surface area contributed by atoms with E-state index in [1.807, 2.05) is 0 Å². The van der Waals surface area contributed by atoms with Crippen LogP contribution in [0.5, 0.6) is 0 Å². The van der Waals surface area contributed by atoms with Crippen LogP contribution in [0.4, 0.5) is 0 Å². The summed E-state index contributed by atoms with van der Waals surface area (Å²) in [6.45, 7) is 8.76. The van der Waals surface area contributed by atoms with Crippen molar-refractivity contribution in [2.45, 2.75) is 53.4 Å². The molecule has 0 bridgehead atoms. The molecule has 0 unspecified atom stereocenters. The average molecular weight is 421 g/mol. The molecule has 0 fully saturated rings. The molecule has 0 nitrogen and oxygen atoms in total. The van der Waals surface area contributed by atoms with Gasteiger partial charge in [0.05, 0.1) is 0 Å². The maximum atomic E-state index is 2.28. The Bertz CT molecular complexity index is 355. The average Bonchev–Trinajstić information content (AvgIpc) is 3.07. The molecule has 0 saturated heterocycles. The summed E-state index contributed by atoms with van der Waals surface area (Å²) in [5, 5.41) is 0. The van der Waals surface area contributed by atoms with E-state index in [1.165, 1.54) is 47.9 Å². The van der Waals surface area contributed by atoms with Gasteiger partial charge in [-0.15, -0.1) is 0 Å². The van der Waals surface area contributed by atoms with Crippen LogP contribution in [0.1, 0.15) is 49.9 Å². The van der Waals surface area contributed by atoms with Gasteiger partial charge in [0.2, 0.25) is 0 Å². The third kappa shape index (κ3) is 6.51. The van der Waals surface area contributed by atoms with Gasteiger partial charge in [-0.1, -0.05) is 53.4 Å². The van der Waals surface area contributed by atoms with Crippen LogP contribution in [0.3, 0.4) is 0 Å². The van der Waals surface area contributed by atoms with Crippen molar-refractivity contribution in [3.8, 4) is 0 Å². The van der Waals surface area contributed by atoms with Crippen LogP contribution in [0.15, 0.2) is 36.4 Å². The molecule has 0 spiro atoms. The number of hydrogen-bond donors (Lipinski definition) is 0. The second kappa shape index (κ2) is 10.4. The Morgan fingerprint density at radius 3 is 1.26 bits per heavy atom. The molecule has 0 radical (unpaired) electrons. The first-order chi connectivity index (χ1) is 8.73. The predicted octanol–water partition coefficient (Wildman–Crippen LogP) is 5.06. The van der Waals surface area contributed by atoms with E-state index in [0.717, 1.165) is 0 Å². The van der Waals surface area contributed by atoms with Crippen LogP contribution in [-0.4, -0.2) is 0 Å². The van der Waals surface area contributed by atoms with E-state index in [-0.39, 0.29) is 25.8 Å². The van der Waals surface area contributed by atoms with Crippen molar-refractivity contribution in [2.24, 2.45) is 0 Å². The molecule has 0 aliphatic carbocycles. The molecule has 2 aromatic rings. The molecule has 2 rings (SSSR count). The molecule has 0 amide bonds. The number of rotatable bonds is 4. The molecule has 2 aromatic carbocycles. The van der Waals surface area contributed by atoms with Gasteiger partial charge >= 0.3 is 0 Å². The van der Waals surface area contributed by atoms with Gasteiger partial charge in [-0.05, 0) is 0 Å². The van der Waals surface area contributed by atoms with Gasteiger partial charge in [0, 0.05) is 25.8 Å². The standard InChI is InChI=1S/2C9H13.Hf/c2*1-3-8-5-6-9(4-2)7-8;/h2*5-7H,3-4H2,1-2H3;/q2*-1;. The fourth-order valence-electron chi connectivity index (χ4n) is 1.98. The summed E-state index contributed by atoms with van der Waals surface area (Å²) in [7, 11) is 0. The van der Waals surface area contributed by atoms with Crippen molar-refractivity contribution in [3.05, 3.63) is 58.7 Å². The smallest absolute Gasteiger partial charge is 0 e. The van der Waals surface area contributed by atoms with Crippen molar-refractivity contribution < 1.29 is 25.8 Å². The Balaban J connectivity index is 0.000000324. The topological polar surface area (TPSA) is 0 Å². The van der Waals surface area contributed by atoms with E-state index in [2.05, 4.69) is 64.1 Å². The van der Waals surface area contributed by atoms with Crippen molar-refractivity contribution in [1.82, 2.24) is 0 Å². The monoisotopic (exact) mass is 422 g/mol. The molecule has 0 aromatic heterocycles. The van der Waals surface area contributed by atoms with E-state index in [0.29, 0.717) is 0 Å². The quantitative estimate of drug-likeness (QED) is 0.479. The first-order valence-corrected chi connectivity index (χ1v) is 7.22. The van der Waals surface area contributed by atoms with E-state index in [1.54, 1.807) is 0 Å². The van der Waals surface area contributed by atoms with Crippen LogP contribution in [0, 0.1) is 0 Å². The SMILES string of the molecule is CCc1cc[c-](CC)c1.CCc1cc[c-](CC)c1.[Hf]. The van der Waals surface area contributed by atoms with E-state index in [4.69, 9.17) is 0 Å². The van der Waals surface area contributed by atoms with Crippen molar-refractivity contribution in [1.29, 1.82) is 0 Å². The molecule has 0 saturated carbocycles. The fourth-order valence-corrected chi connectivity index (χ4v) is 1.98. The number of hydrogen-bond acceptors (Lipinski definition) is 0. The van der Waals surface area contributed by atoms with Crippen LogP contribution in [-0.2, 0) is 51.5 Å². The fraction of sp³-hybridized carbons (Fsp3) is 0.444. The summed E-state index contributed by atoms with van der Waals surface area (Å²) < 4.78 is 0. The molecule has 104 valence electrons. The Morgan fingerprint density at radius 2 is 1.11 bits per heavy atom. The molecule has 0 aliphatic heterocycles. The molecule has 0 atom stereocenters. The third-order valence-corrected chi connectivity index (χ3v) is 3.40. The van der Waals surface area contributed by atoms with Gasteiger partial charge in [-0.2, -0.15) is 46.5 Å². The number of aryl methyl sites for hydroxylation is 4. The van der Waals surface area contributed by atoms with Gasteiger partial charge in [0.15, 0.2) is 0 Å². The summed E-state index contributed by atoms with van der Waals surface area (Å²) in [5.74, 6) is 0. The minimum atomic E-state index is 0. The van der Waals surface area contributed by atoms with E-state index < -0.39 is 0 Å². The minimum absolute atomic E-state index is 0. The molecule has 0 aliphatic rings. The molecular weight excluding hydrogens is 395 g/mol. The van der Waals surface area contributed by atoms with Gasteiger partial charge < -0.3 is 0 Å². The second-order valence-electron chi connectivity index (χ2n) is 4.67. The van der Waals surface area contributed by atoms with Crippen LogP contribution >= 0.6 is 0 Å². The summed E-state index contributed by atoms with van der Waals surface area (Å²) in [6.07, 6.45) is 4.67. The summed E-state index contributed by atoms with van der Waals surface area (Å²) in [5.41, 5.74) is 5.86. The van der Waals surface area contributed by atoms with Gasteiger partial charge in [0.25, 0.3) is 0 Å². The molecule has 1 heteroatoms. The molecule has 19 heavy (non-hydrogen) atoms. The zero-order chi connectivity index (χ0) is 13.4. The Hall–Kier alpha value is -0.430. The Labute approximate surface area is 137 Å². The Morgan fingerprint density at radius 1 is 0.737 bits per heavy atom. The van der Waals surface area contributed by atoms with Crippen molar-refractivity contribution in [3.63, 3.8) is 0 Å².